The van der Waals surface area contributed by atoms with Gasteiger partial charge in [-0.25, -0.2) is 18.2 Å². The molecule has 0 bridgehead atoms. The number of aryl methyl sites for hydroxylation is 1. The van der Waals surface area contributed by atoms with E-state index in [1.54, 1.807) is 24.8 Å². The van der Waals surface area contributed by atoms with Crippen molar-refractivity contribution >= 4 is 21.9 Å². The minimum atomic E-state index is -3.70. The predicted molar refractivity (Wildman–Crippen MR) is 130 cm³/mol. The molecule has 1 aromatic carbocycles. The number of esters is 1. The first-order valence-corrected chi connectivity index (χ1v) is 12.9. The Balaban J connectivity index is 1.78. The van der Waals surface area contributed by atoms with E-state index in [1.807, 2.05) is 34.6 Å². The number of pyridine rings is 1. The smallest absolute Gasteiger partial charge is 0.339 e. The maximum absolute atomic E-state index is 13.6. The molecule has 184 valence electrons. The fraction of sp³-hybridized carbons (Fsp3) is 0.480. The Labute approximate surface area is 202 Å². The van der Waals surface area contributed by atoms with Gasteiger partial charge in [0.05, 0.1) is 22.8 Å². The fourth-order valence-electron chi connectivity index (χ4n) is 4.38. The zero-order chi connectivity index (χ0) is 25.4. The zero-order valence-corrected chi connectivity index (χ0v) is 21.8. The number of nitrogens with zero attached hydrogens (tertiary/aromatic N) is 3. The number of carbonyl (C=O) groups excluding carboxylic acids is 2. The van der Waals surface area contributed by atoms with Crippen molar-refractivity contribution in [2.24, 2.45) is 0 Å². The van der Waals surface area contributed by atoms with Crippen molar-refractivity contribution < 1.29 is 22.7 Å². The summed E-state index contributed by atoms with van der Waals surface area (Å²) < 4.78 is 33.6. The van der Waals surface area contributed by atoms with Crippen LogP contribution in [0.2, 0.25) is 0 Å². The Morgan fingerprint density at radius 3 is 1.91 bits per heavy atom. The van der Waals surface area contributed by atoms with Gasteiger partial charge in [0, 0.05) is 26.2 Å². The first-order chi connectivity index (χ1) is 15.9. The third-order valence-electron chi connectivity index (χ3n) is 6.86. The van der Waals surface area contributed by atoms with Gasteiger partial charge in [-0.15, -0.1) is 0 Å². The second-order valence-electron chi connectivity index (χ2n) is 8.70. The van der Waals surface area contributed by atoms with Gasteiger partial charge in [-0.1, -0.05) is 0 Å². The fourth-order valence-corrected chi connectivity index (χ4v) is 6.36. The lowest BCUT2D eigenvalue weighted by atomic mass is 9.95. The number of hydrogen-bond donors (Lipinski definition) is 0. The maximum Gasteiger partial charge on any atom is 0.339 e. The molecule has 1 fully saturated rings. The minimum Gasteiger partial charge on any atom is -0.462 e. The summed E-state index contributed by atoms with van der Waals surface area (Å²) >= 11 is 0. The molecule has 34 heavy (non-hydrogen) atoms. The molecule has 0 N–H and O–H groups in total. The highest BCUT2D eigenvalue weighted by Gasteiger charge is 2.34. The average molecular weight is 488 g/mol. The monoisotopic (exact) mass is 487 g/mol. The Hall–Kier alpha value is -2.78. The molecule has 2 aromatic rings. The van der Waals surface area contributed by atoms with E-state index in [9.17, 15) is 18.0 Å². The summed E-state index contributed by atoms with van der Waals surface area (Å²) in [4.78, 5) is 31.3. The van der Waals surface area contributed by atoms with E-state index in [0.717, 1.165) is 27.8 Å². The predicted octanol–water partition coefficient (Wildman–Crippen LogP) is 3.26. The number of carbonyl (C=O) groups is 2. The molecule has 8 nitrogen and oxygen atoms in total. The lowest BCUT2D eigenvalue weighted by Crippen LogP contribution is -2.50. The molecule has 0 radical (unpaired) electrons. The van der Waals surface area contributed by atoms with E-state index in [1.165, 1.54) is 10.4 Å². The van der Waals surface area contributed by atoms with Crippen molar-refractivity contribution in [3.8, 4) is 0 Å². The molecule has 0 atom stereocenters. The van der Waals surface area contributed by atoms with Gasteiger partial charge in [0.2, 0.25) is 10.0 Å². The zero-order valence-electron chi connectivity index (χ0n) is 21.0. The molecule has 1 aliphatic heterocycles. The number of sulfonamides is 1. The van der Waals surface area contributed by atoms with E-state index < -0.39 is 16.0 Å². The van der Waals surface area contributed by atoms with Crippen LogP contribution in [0.1, 0.15) is 61.3 Å². The van der Waals surface area contributed by atoms with Crippen molar-refractivity contribution in [2.45, 2.75) is 53.4 Å². The van der Waals surface area contributed by atoms with Crippen LogP contribution in [-0.2, 0) is 14.8 Å². The molecule has 2 heterocycles. The SMILES string of the molecule is CCOC(=O)c1ccc(C(=O)N2CCN(S(=O)(=O)c3c(C)c(C)c(C)c(C)c3C)CC2)nc1C. The van der Waals surface area contributed by atoms with Crippen molar-refractivity contribution in [1.82, 2.24) is 14.2 Å². The largest absolute Gasteiger partial charge is 0.462 e. The van der Waals surface area contributed by atoms with Crippen LogP contribution in [0.5, 0.6) is 0 Å². The number of hydrogen-bond acceptors (Lipinski definition) is 6. The molecule has 3 rings (SSSR count). The van der Waals surface area contributed by atoms with E-state index in [2.05, 4.69) is 4.98 Å². The summed E-state index contributed by atoms with van der Waals surface area (Å²) in [6, 6.07) is 3.05. The van der Waals surface area contributed by atoms with Gasteiger partial charge >= 0.3 is 5.97 Å². The number of aromatic nitrogens is 1. The van der Waals surface area contributed by atoms with Gasteiger partial charge < -0.3 is 9.64 Å². The highest BCUT2D eigenvalue weighted by atomic mass is 32.2. The van der Waals surface area contributed by atoms with Crippen LogP contribution in [0, 0.1) is 41.5 Å². The van der Waals surface area contributed by atoms with Crippen LogP contribution in [0.4, 0.5) is 0 Å². The van der Waals surface area contributed by atoms with Crippen molar-refractivity contribution in [1.29, 1.82) is 0 Å². The van der Waals surface area contributed by atoms with E-state index in [0.29, 0.717) is 16.2 Å². The van der Waals surface area contributed by atoms with Crippen LogP contribution in [0.25, 0.3) is 0 Å². The Morgan fingerprint density at radius 2 is 1.41 bits per heavy atom. The quantitative estimate of drug-likeness (QED) is 0.601. The summed E-state index contributed by atoms with van der Waals surface area (Å²) in [6.45, 7) is 14.2. The van der Waals surface area contributed by atoms with Crippen molar-refractivity contribution in [3.05, 3.63) is 56.9 Å². The third kappa shape index (κ3) is 4.59. The Bertz CT molecular complexity index is 1220. The number of piperazine rings is 1. The molecule has 1 saturated heterocycles. The van der Waals surface area contributed by atoms with Gasteiger partial charge in [0.25, 0.3) is 5.91 Å². The highest BCUT2D eigenvalue weighted by Crippen LogP contribution is 2.32. The van der Waals surface area contributed by atoms with E-state index in [4.69, 9.17) is 4.74 Å². The average Bonchev–Trinajstić information content (AvgIpc) is 2.81. The van der Waals surface area contributed by atoms with Gasteiger partial charge in [-0.2, -0.15) is 4.31 Å². The molecular formula is C25H33N3O5S. The highest BCUT2D eigenvalue weighted by molar-refractivity contribution is 7.89. The van der Waals surface area contributed by atoms with Crippen LogP contribution in [-0.4, -0.2) is 67.3 Å². The molecular weight excluding hydrogens is 454 g/mol. The number of benzene rings is 1. The number of rotatable bonds is 5. The topological polar surface area (TPSA) is 96.9 Å². The molecule has 0 saturated carbocycles. The second-order valence-corrected chi connectivity index (χ2v) is 10.6. The summed E-state index contributed by atoms with van der Waals surface area (Å²) in [5, 5.41) is 0. The lowest BCUT2D eigenvalue weighted by molar-refractivity contribution is 0.0523. The third-order valence-corrected chi connectivity index (χ3v) is 9.03. The molecule has 1 amide bonds. The van der Waals surface area contributed by atoms with Gasteiger partial charge in [-0.05, 0) is 88.4 Å². The van der Waals surface area contributed by atoms with Crippen molar-refractivity contribution in [2.75, 3.05) is 32.8 Å². The Kier molecular flexibility index (Phi) is 7.47. The van der Waals surface area contributed by atoms with Crippen LogP contribution < -0.4 is 0 Å². The molecule has 0 spiro atoms. The molecule has 0 unspecified atom stereocenters. The Morgan fingerprint density at radius 1 is 0.882 bits per heavy atom. The minimum absolute atomic E-state index is 0.207. The molecule has 9 heteroatoms. The number of ether oxygens (including phenoxy) is 1. The first kappa shape index (κ1) is 25.8. The van der Waals surface area contributed by atoms with Crippen LogP contribution in [0.15, 0.2) is 17.0 Å². The summed E-state index contributed by atoms with van der Waals surface area (Å²) in [5.41, 5.74) is 5.61. The normalized spacial score (nSPS) is 14.9. The van der Waals surface area contributed by atoms with Gasteiger partial charge in [-0.3, -0.25) is 4.79 Å². The van der Waals surface area contributed by atoms with Gasteiger partial charge in [0.1, 0.15) is 5.69 Å². The summed E-state index contributed by atoms with van der Waals surface area (Å²) in [6.07, 6.45) is 0. The van der Waals surface area contributed by atoms with Crippen molar-refractivity contribution in [3.63, 3.8) is 0 Å². The lowest BCUT2D eigenvalue weighted by Gasteiger charge is -2.35. The molecule has 0 aliphatic carbocycles. The molecule has 1 aliphatic rings. The maximum atomic E-state index is 13.6. The van der Waals surface area contributed by atoms with E-state index >= 15 is 0 Å². The number of amides is 1. The van der Waals surface area contributed by atoms with Crippen LogP contribution in [0.3, 0.4) is 0 Å². The second kappa shape index (κ2) is 9.84. The summed E-state index contributed by atoms with van der Waals surface area (Å²) in [7, 11) is -3.70. The summed E-state index contributed by atoms with van der Waals surface area (Å²) in [5.74, 6) is -0.762. The van der Waals surface area contributed by atoms with E-state index in [-0.39, 0.29) is 44.4 Å². The van der Waals surface area contributed by atoms with Gasteiger partial charge in [0.15, 0.2) is 0 Å². The first-order valence-electron chi connectivity index (χ1n) is 11.4. The van der Waals surface area contributed by atoms with Crippen LogP contribution >= 0.6 is 0 Å². The standard InChI is InChI=1S/C25H33N3O5S/c1-8-33-25(30)21-9-10-22(26-20(21)7)24(29)27-11-13-28(14-12-27)34(31,32)23-18(5)16(3)15(2)17(4)19(23)6/h9-10H,8,11-14H2,1-7H3. The molecule has 1 aromatic heterocycles.